The monoisotopic (exact) mass is 207 g/mol. The molecular formula is C8H8F3NO2. The predicted molar refractivity (Wildman–Crippen MR) is 42.3 cm³/mol. The topological polar surface area (TPSA) is 31.4 Å². The average molecular weight is 207 g/mol. The van der Waals surface area contributed by atoms with Crippen LogP contribution in [-0.4, -0.2) is 19.2 Å². The lowest BCUT2D eigenvalue weighted by Crippen LogP contribution is -2.01. The first-order valence-corrected chi connectivity index (χ1v) is 3.66. The van der Waals surface area contributed by atoms with E-state index in [4.69, 9.17) is 0 Å². The fraction of sp³-hybridized carbons (Fsp3) is 0.375. The van der Waals surface area contributed by atoms with Gasteiger partial charge in [-0.05, 0) is 0 Å². The fourth-order valence-electron chi connectivity index (χ4n) is 1.01. The molecule has 0 aliphatic heterocycles. The largest absolute Gasteiger partial charge is 0.496 e. The van der Waals surface area contributed by atoms with Crippen LogP contribution in [0.2, 0.25) is 0 Å². The van der Waals surface area contributed by atoms with Gasteiger partial charge in [0.05, 0.1) is 14.2 Å². The minimum Gasteiger partial charge on any atom is -0.496 e. The van der Waals surface area contributed by atoms with E-state index in [0.717, 1.165) is 13.2 Å². The summed E-state index contributed by atoms with van der Waals surface area (Å²) in [4.78, 5) is 3.17. The fourth-order valence-corrected chi connectivity index (χ4v) is 1.01. The van der Waals surface area contributed by atoms with Crippen LogP contribution in [0.5, 0.6) is 11.6 Å². The zero-order valence-electron chi connectivity index (χ0n) is 7.55. The Kier molecular flexibility index (Phi) is 3.16. The first-order valence-electron chi connectivity index (χ1n) is 3.66. The van der Waals surface area contributed by atoms with E-state index in [1.807, 2.05) is 0 Å². The van der Waals surface area contributed by atoms with E-state index in [1.165, 1.54) is 7.11 Å². The lowest BCUT2D eigenvalue weighted by atomic mass is 10.2. The highest BCUT2D eigenvalue weighted by molar-refractivity contribution is 5.40. The molecule has 0 radical (unpaired) electrons. The SMILES string of the molecule is COc1cc(F)nc(OC)c1C(F)F. The first kappa shape index (κ1) is 10.6. The summed E-state index contributed by atoms with van der Waals surface area (Å²) in [6, 6.07) is 0.782. The predicted octanol–water partition coefficient (Wildman–Crippen LogP) is 2.18. The highest BCUT2D eigenvalue weighted by Crippen LogP contribution is 2.35. The number of hydrogen-bond donors (Lipinski definition) is 0. The lowest BCUT2D eigenvalue weighted by molar-refractivity contribution is 0.141. The van der Waals surface area contributed by atoms with Gasteiger partial charge in [0.15, 0.2) is 0 Å². The number of ether oxygens (including phenoxy) is 2. The van der Waals surface area contributed by atoms with Crippen LogP contribution in [0, 0.1) is 5.95 Å². The summed E-state index contributed by atoms with van der Waals surface area (Å²) < 4.78 is 46.8. The standard InChI is InChI=1S/C8H8F3NO2/c1-13-4-3-5(9)12-8(14-2)6(4)7(10)11/h3,7H,1-2H3. The van der Waals surface area contributed by atoms with E-state index in [-0.39, 0.29) is 5.75 Å². The molecule has 1 aromatic heterocycles. The van der Waals surface area contributed by atoms with E-state index in [0.29, 0.717) is 0 Å². The summed E-state index contributed by atoms with van der Waals surface area (Å²) in [7, 11) is 2.30. The van der Waals surface area contributed by atoms with Crippen LogP contribution in [0.3, 0.4) is 0 Å². The van der Waals surface area contributed by atoms with Crippen LogP contribution in [0.4, 0.5) is 13.2 Å². The van der Waals surface area contributed by atoms with Gasteiger partial charge in [-0.2, -0.15) is 9.37 Å². The van der Waals surface area contributed by atoms with Gasteiger partial charge in [-0.3, -0.25) is 0 Å². The van der Waals surface area contributed by atoms with Gasteiger partial charge in [-0.25, -0.2) is 8.78 Å². The molecule has 1 aromatic rings. The molecule has 0 amide bonds. The molecule has 78 valence electrons. The second-order valence-corrected chi connectivity index (χ2v) is 2.37. The maximum absolute atomic E-state index is 12.7. The Morgan fingerprint density at radius 2 is 1.93 bits per heavy atom. The summed E-state index contributed by atoms with van der Waals surface area (Å²) in [5.41, 5.74) is -0.545. The summed E-state index contributed by atoms with van der Waals surface area (Å²) in [6.07, 6.45) is -2.83. The van der Waals surface area contributed by atoms with Crippen molar-refractivity contribution in [3.63, 3.8) is 0 Å². The molecule has 0 aromatic carbocycles. The summed E-state index contributed by atoms with van der Waals surface area (Å²) >= 11 is 0. The van der Waals surface area contributed by atoms with E-state index in [1.54, 1.807) is 0 Å². The van der Waals surface area contributed by atoms with Crippen molar-refractivity contribution < 1.29 is 22.6 Å². The molecule has 0 N–H and O–H groups in total. The molecule has 0 bridgehead atoms. The molecular weight excluding hydrogens is 199 g/mol. The van der Waals surface area contributed by atoms with Gasteiger partial charge in [-0.15, -0.1) is 0 Å². The van der Waals surface area contributed by atoms with Crippen LogP contribution in [-0.2, 0) is 0 Å². The number of halogens is 3. The van der Waals surface area contributed by atoms with E-state index in [2.05, 4.69) is 14.5 Å². The van der Waals surface area contributed by atoms with Crippen molar-refractivity contribution in [3.8, 4) is 11.6 Å². The number of rotatable bonds is 3. The second kappa shape index (κ2) is 4.17. The van der Waals surface area contributed by atoms with Gasteiger partial charge >= 0.3 is 0 Å². The molecule has 0 aliphatic carbocycles. The van der Waals surface area contributed by atoms with Crippen molar-refractivity contribution in [2.45, 2.75) is 6.43 Å². The average Bonchev–Trinajstić information content (AvgIpc) is 2.15. The van der Waals surface area contributed by atoms with E-state index < -0.39 is 23.8 Å². The van der Waals surface area contributed by atoms with Gasteiger partial charge in [0.2, 0.25) is 11.8 Å². The molecule has 0 atom stereocenters. The highest BCUT2D eigenvalue weighted by Gasteiger charge is 2.22. The summed E-state index contributed by atoms with van der Waals surface area (Å²) in [5.74, 6) is -1.66. The number of nitrogens with zero attached hydrogens (tertiary/aromatic N) is 1. The Bertz CT molecular complexity index is 305. The number of aromatic nitrogens is 1. The van der Waals surface area contributed by atoms with Crippen molar-refractivity contribution in [1.82, 2.24) is 4.98 Å². The number of pyridine rings is 1. The van der Waals surface area contributed by atoms with Gasteiger partial charge in [-0.1, -0.05) is 0 Å². The van der Waals surface area contributed by atoms with Gasteiger partial charge < -0.3 is 9.47 Å². The van der Waals surface area contributed by atoms with Crippen LogP contribution >= 0.6 is 0 Å². The summed E-state index contributed by atoms with van der Waals surface area (Å²) in [6.45, 7) is 0. The summed E-state index contributed by atoms with van der Waals surface area (Å²) in [5, 5.41) is 0. The highest BCUT2D eigenvalue weighted by atomic mass is 19.3. The third-order valence-corrected chi connectivity index (χ3v) is 1.59. The van der Waals surface area contributed by atoms with E-state index in [9.17, 15) is 13.2 Å². The first-order chi connectivity index (χ1) is 6.60. The smallest absolute Gasteiger partial charge is 0.272 e. The Morgan fingerprint density at radius 1 is 1.29 bits per heavy atom. The molecule has 1 heterocycles. The van der Waals surface area contributed by atoms with Crippen molar-refractivity contribution in [3.05, 3.63) is 17.6 Å². The molecule has 0 fully saturated rings. The molecule has 0 saturated heterocycles. The lowest BCUT2D eigenvalue weighted by Gasteiger charge is -2.10. The van der Waals surface area contributed by atoms with Crippen LogP contribution in [0.1, 0.15) is 12.0 Å². The van der Waals surface area contributed by atoms with Crippen LogP contribution < -0.4 is 9.47 Å². The molecule has 0 unspecified atom stereocenters. The van der Waals surface area contributed by atoms with Gasteiger partial charge in [0.25, 0.3) is 6.43 Å². The third kappa shape index (κ3) is 1.89. The van der Waals surface area contributed by atoms with Crippen molar-refractivity contribution >= 4 is 0 Å². The molecule has 14 heavy (non-hydrogen) atoms. The maximum Gasteiger partial charge on any atom is 0.272 e. The maximum atomic E-state index is 12.7. The number of hydrogen-bond acceptors (Lipinski definition) is 3. The molecule has 1 rings (SSSR count). The normalized spacial score (nSPS) is 10.4. The second-order valence-electron chi connectivity index (χ2n) is 2.37. The van der Waals surface area contributed by atoms with Crippen LogP contribution in [0.25, 0.3) is 0 Å². The van der Waals surface area contributed by atoms with E-state index >= 15 is 0 Å². The quantitative estimate of drug-likeness (QED) is 0.712. The van der Waals surface area contributed by atoms with Crippen LogP contribution in [0.15, 0.2) is 6.07 Å². The molecule has 3 nitrogen and oxygen atoms in total. The zero-order valence-corrected chi connectivity index (χ0v) is 7.55. The Balaban J connectivity index is 3.33. The number of alkyl halides is 2. The van der Waals surface area contributed by atoms with Gasteiger partial charge in [0.1, 0.15) is 11.3 Å². The zero-order chi connectivity index (χ0) is 10.7. The Labute approximate surface area is 78.5 Å². The van der Waals surface area contributed by atoms with Crippen molar-refractivity contribution in [2.24, 2.45) is 0 Å². The van der Waals surface area contributed by atoms with Gasteiger partial charge in [0, 0.05) is 6.07 Å². The molecule has 0 spiro atoms. The Morgan fingerprint density at radius 3 is 2.36 bits per heavy atom. The molecule has 6 heteroatoms. The minimum absolute atomic E-state index is 0.274. The van der Waals surface area contributed by atoms with Crippen molar-refractivity contribution in [1.29, 1.82) is 0 Å². The number of methoxy groups -OCH3 is 2. The molecule has 0 aliphatic rings. The minimum atomic E-state index is -2.83. The third-order valence-electron chi connectivity index (χ3n) is 1.59. The Hall–Kier alpha value is -1.46. The van der Waals surface area contributed by atoms with Crippen molar-refractivity contribution in [2.75, 3.05) is 14.2 Å². The molecule has 0 saturated carbocycles.